The fraction of sp³-hybridized carbons (Fsp3) is 0.231. The van der Waals surface area contributed by atoms with Gasteiger partial charge in [0.05, 0.1) is 5.69 Å². The smallest absolute Gasteiger partial charge is 0.238 e. The van der Waals surface area contributed by atoms with Gasteiger partial charge in [-0.05, 0) is 30.8 Å². The first-order valence-corrected chi connectivity index (χ1v) is 6.12. The van der Waals surface area contributed by atoms with E-state index in [1.54, 1.807) is 18.2 Å². The van der Waals surface area contributed by atoms with Gasteiger partial charge in [-0.25, -0.2) is 0 Å². The third-order valence-corrected chi connectivity index (χ3v) is 2.51. The summed E-state index contributed by atoms with van der Waals surface area (Å²) in [5, 5.41) is 11.9. The van der Waals surface area contributed by atoms with Crippen molar-refractivity contribution < 1.29 is 4.74 Å². The Hall–Kier alpha value is -1.65. The minimum Gasteiger partial charge on any atom is -0.437 e. The van der Waals surface area contributed by atoms with Crippen molar-refractivity contribution in [3.05, 3.63) is 47.1 Å². The van der Waals surface area contributed by atoms with Gasteiger partial charge >= 0.3 is 0 Å². The zero-order valence-electron chi connectivity index (χ0n) is 10.1. The molecule has 0 aliphatic rings. The molecule has 0 aliphatic carbocycles. The molecule has 0 saturated heterocycles. The van der Waals surface area contributed by atoms with Crippen molar-refractivity contribution in [2.45, 2.75) is 13.5 Å². The standard InChI is InChI=1S/C13H14ClN3O/c1-2-15-9-11-6-7-13(17-16-11)18-12-5-3-4-10(14)8-12/h3-8,15H,2,9H2,1H3. The maximum atomic E-state index is 5.87. The molecule has 0 atom stereocenters. The molecule has 2 aromatic rings. The summed E-state index contributed by atoms with van der Waals surface area (Å²) in [6.07, 6.45) is 0. The van der Waals surface area contributed by atoms with Crippen molar-refractivity contribution >= 4 is 11.6 Å². The maximum Gasteiger partial charge on any atom is 0.238 e. The lowest BCUT2D eigenvalue weighted by Crippen LogP contribution is -2.13. The highest BCUT2D eigenvalue weighted by Gasteiger charge is 2.01. The third kappa shape index (κ3) is 3.68. The van der Waals surface area contributed by atoms with Crippen LogP contribution in [0.5, 0.6) is 11.6 Å². The van der Waals surface area contributed by atoms with E-state index in [0.717, 1.165) is 12.2 Å². The van der Waals surface area contributed by atoms with Crippen molar-refractivity contribution in [2.24, 2.45) is 0 Å². The van der Waals surface area contributed by atoms with Crippen LogP contribution in [-0.4, -0.2) is 16.7 Å². The summed E-state index contributed by atoms with van der Waals surface area (Å²) < 4.78 is 5.54. The molecule has 1 aromatic carbocycles. The predicted octanol–water partition coefficient (Wildman–Crippen LogP) is 3.03. The largest absolute Gasteiger partial charge is 0.437 e. The molecule has 1 heterocycles. The molecular weight excluding hydrogens is 250 g/mol. The van der Waals surface area contributed by atoms with Gasteiger partial charge in [0.2, 0.25) is 5.88 Å². The summed E-state index contributed by atoms with van der Waals surface area (Å²) in [4.78, 5) is 0. The summed E-state index contributed by atoms with van der Waals surface area (Å²) in [7, 11) is 0. The van der Waals surface area contributed by atoms with Gasteiger partial charge < -0.3 is 10.1 Å². The van der Waals surface area contributed by atoms with Crippen LogP contribution in [0.1, 0.15) is 12.6 Å². The zero-order valence-corrected chi connectivity index (χ0v) is 10.8. The van der Waals surface area contributed by atoms with Gasteiger partial charge in [0.15, 0.2) is 0 Å². The second-order valence-corrected chi connectivity index (χ2v) is 4.14. The normalized spacial score (nSPS) is 10.3. The van der Waals surface area contributed by atoms with Crippen LogP contribution in [0.25, 0.3) is 0 Å². The Morgan fingerprint density at radius 1 is 1.22 bits per heavy atom. The number of hydrogen-bond acceptors (Lipinski definition) is 4. The number of rotatable bonds is 5. The molecule has 0 aliphatic heterocycles. The minimum absolute atomic E-state index is 0.456. The number of nitrogens with zero attached hydrogens (tertiary/aromatic N) is 2. The lowest BCUT2D eigenvalue weighted by atomic mass is 10.3. The van der Waals surface area contributed by atoms with Gasteiger partial charge in [-0.15, -0.1) is 5.10 Å². The highest BCUT2D eigenvalue weighted by molar-refractivity contribution is 6.30. The summed E-state index contributed by atoms with van der Waals surface area (Å²) in [5.41, 5.74) is 0.885. The molecular formula is C13H14ClN3O. The first-order valence-electron chi connectivity index (χ1n) is 5.74. The monoisotopic (exact) mass is 263 g/mol. The van der Waals surface area contributed by atoms with E-state index in [0.29, 0.717) is 23.2 Å². The number of nitrogens with one attached hydrogen (secondary N) is 1. The molecule has 1 aromatic heterocycles. The Labute approximate surface area is 111 Å². The lowest BCUT2D eigenvalue weighted by Gasteiger charge is -2.05. The molecule has 0 unspecified atom stereocenters. The number of halogens is 1. The van der Waals surface area contributed by atoms with Crippen molar-refractivity contribution in [3.63, 3.8) is 0 Å². The summed E-state index contributed by atoms with van der Waals surface area (Å²) >= 11 is 5.87. The third-order valence-electron chi connectivity index (χ3n) is 2.27. The van der Waals surface area contributed by atoms with Crippen LogP contribution in [0.4, 0.5) is 0 Å². The second-order valence-electron chi connectivity index (χ2n) is 3.70. The fourth-order valence-electron chi connectivity index (χ4n) is 1.40. The number of aromatic nitrogens is 2. The van der Waals surface area contributed by atoms with E-state index in [4.69, 9.17) is 16.3 Å². The molecule has 94 valence electrons. The minimum atomic E-state index is 0.456. The van der Waals surface area contributed by atoms with Crippen molar-refractivity contribution in [2.75, 3.05) is 6.54 Å². The molecule has 0 bridgehead atoms. The van der Waals surface area contributed by atoms with Gasteiger partial charge in [-0.1, -0.05) is 24.6 Å². The highest BCUT2D eigenvalue weighted by atomic mass is 35.5. The lowest BCUT2D eigenvalue weighted by molar-refractivity contribution is 0.453. The average molecular weight is 264 g/mol. The molecule has 4 nitrogen and oxygen atoms in total. The molecule has 5 heteroatoms. The van der Waals surface area contributed by atoms with Gasteiger partial charge in [0.25, 0.3) is 0 Å². The topological polar surface area (TPSA) is 47.0 Å². The number of benzene rings is 1. The Morgan fingerprint density at radius 2 is 2.11 bits per heavy atom. The average Bonchev–Trinajstić information content (AvgIpc) is 2.38. The van der Waals surface area contributed by atoms with Gasteiger partial charge in [-0.2, -0.15) is 5.10 Å². The maximum absolute atomic E-state index is 5.87. The fourth-order valence-corrected chi connectivity index (χ4v) is 1.58. The molecule has 1 N–H and O–H groups in total. The molecule has 18 heavy (non-hydrogen) atoms. The molecule has 0 radical (unpaired) electrons. The van der Waals surface area contributed by atoms with E-state index in [9.17, 15) is 0 Å². The highest BCUT2D eigenvalue weighted by Crippen LogP contribution is 2.22. The van der Waals surface area contributed by atoms with Crippen molar-refractivity contribution in [1.29, 1.82) is 0 Å². The number of hydrogen-bond donors (Lipinski definition) is 1. The van der Waals surface area contributed by atoms with Crippen molar-refractivity contribution in [3.8, 4) is 11.6 Å². The van der Waals surface area contributed by atoms with Crippen LogP contribution in [0.2, 0.25) is 5.02 Å². The van der Waals surface area contributed by atoms with Crippen LogP contribution in [0.15, 0.2) is 36.4 Å². The Bertz CT molecular complexity index is 502. The summed E-state index contributed by atoms with van der Waals surface area (Å²) in [5.74, 6) is 1.11. The second kappa shape index (κ2) is 6.33. The van der Waals surface area contributed by atoms with Crippen LogP contribution < -0.4 is 10.1 Å². The van der Waals surface area contributed by atoms with E-state index >= 15 is 0 Å². The van der Waals surface area contributed by atoms with E-state index in [1.807, 2.05) is 25.1 Å². The Kier molecular flexibility index (Phi) is 4.50. The Morgan fingerprint density at radius 3 is 2.78 bits per heavy atom. The van der Waals surface area contributed by atoms with E-state index in [-0.39, 0.29) is 0 Å². The molecule has 0 amide bonds. The first kappa shape index (κ1) is 12.8. The summed E-state index contributed by atoms with van der Waals surface area (Å²) in [6.45, 7) is 3.66. The van der Waals surface area contributed by atoms with E-state index in [2.05, 4.69) is 15.5 Å². The van der Waals surface area contributed by atoms with Gasteiger partial charge in [-0.3, -0.25) is 0 Å². The molecule has 0 fully saturated rings. The van der Waals surface area contributed by atoms with E-state index < -0.39 is 0 Å². The van der Waals surface area contributed by atoms with Gasteiger partial charge in [0, 0.05) is 17.6 Å². The van der Waals surface area contributed by atoms with Crippen LogP contribution in [0.3, 0.4) is 0 Å². The van der Waals surface area contributed by atoms with Crippen LogP contribution >= 0.6 is 11.6 Å². The zero-order chi connectivity index (χ0) is 12.8. The quantitative estimate of drug-likeness (QED) is 0.901. The SMILES string of the molecule is CCNCc1ccc(Oc2cccc(Cl)c2)nn1. The van der Waals surface area contributed by atoms with Crippen LogP contribution in [0, 0.1) is 0 Å². The Balaban J connectivity index is 2.02. The molecule has 0 saturated carbocycles. The van der Waals surface area contributed by atoms with E-state index in [1.165, 1.54) is 0 Å². The number of ether oxygens (including phenoxy) is 1. The predicted molar refractivity (Wildman–Crippen MR) is 70.9 cm³/mol. The molecule has 0 spiro atoms. The van der Waals surface area contributed by atoms with Crippen LogP contribution in [-0.2, 0) is 6.54 Å². The molecule has 2 rings (SSSR count). The van der Waals surface area contributed by atoms with Gasteiger partial charge in [0.1, 0.15) is 5.75 Å². The summed E-state index contributed by atoms with van der Waals surface area (Å²) in [6, 6.07) is 10.8. The first-order chi connectivity index (χ1) is 8.78. The van der Waals surface area contributed by atoms with Crippen molar-refractivity contribution in [1.82, 2.24) is 15.5 Å².